The Balaban J connectivity index is 1.54. The fraction of sp³-hybridized carbons (Fsp3) is 0.522. The quantitative estimate of drug-likeness (QED) is 0.704. The number of carbonyl (C=O) groups is 1. The minimum absolute atomic E-state index is 0.102. The zero-order chi connectivity index (χ0) is 21.3. The highest BCUT2D eigenvalue weighted by atomic mass is 19.1. The Labute approximate surface area is 176 Å². The fourth-order valence-corrected chi connectivity index (χ4v) is 4.45. The molecule has 1 amide bonds. The van der Waals surface area contributed by atoms with Crippen molar-refractivity contribution in [2.75, 3.05) is 26.7 Å². The maximum atomic E-state index is 14.6. The zero-order valence-electron chi connectivity index (χ0n) is 17.8. The van der Waals surface area contributed by atoms with Gasteiger partial charge in [0.05, 0.1) is 26.5 Å². The summed E-state index contributed by atoms with van der Waals surface area (Å²) in [5.41, 5.74) is 2.30. The van der Waals surface area contributed by atoms with Crippen LogP contribution in [-0.2, 0) is 17.8 Å². The first-order chi connectivity index (χ1) is 14.4. The van der Waals surface area contributed by atoms with Crippen LogP contribution in [0, 0.1) is 25.6 Å². The second-order valence-electron chi connectivity index (χ2n) is 8.33. The van der Waals surface area contributed by atoms with Crippen LogP contribution in [-0.4, -0.2) is 48.7 Å². The van der Waals surface area contributed by atoms with E-state index in [1.54, 1.807) is 23.3 Å². The van der Waals surface area contributed by atoms with Gasteiger partial charge in [-0.1, -0.05) is 6.07 Å². The molecule has 0 saturated carbocycles. The number of rotatable bonds is 6. The highest BCUT2D eigenvalue weighted by molar-refractivity contribution is 5.68. The Morgan fingerprint density at radius 3 is 2.60 bits per heavy atom. The molecule has 3 saturated heterocycles. The van der Waals surface area contributed by atoms with E-state index in [0.717, 1.165) is 49.4 Å². The average Bonchev–Trinajstić information content (AvgIpc) is 3.07. The predicted octanol–water partition coefficient (Wildman–Crippen LogP) is 4.28. The number of hydrogen-bond acceptors (Lipinski definition) is 5. The minimum Gasteiger partial charge on any atom is -0.497 e. The van der Waals surface area contributed by atoms with E-state index in [-0.39, 0.29) is 12.6 Å². The van der Waals surface area contributed by atoms with Crippen molar-refractivity contribution in [1.82, 2.24) is 9.80 Å². The Morgan fingerprint density at radius 2 is 2.03 bits per heavy atom. The van der Waals surface area contributed by atoms with Crippen molar-refractivity contribution >= 4 is 6.09 Å². The number of fused-ring (bicyclic) bond motifs is 3. The van der Waals surface area contributed by atoms with Crippen molar-refractivity contribution in [3.63, 3.8) is 0 Å². The van der Waals surface area contributed by atoms with Crippen LogP contribution in [0.2, 0.25) is 0 Å². The van der Waals surface area contributed by atoms with E-state index in [1.165, 1.54) is 13.2 Å². The van der Waals surface area contributed by atoms with Gasteiger partial charge in [0.25, 0.3) is 0 Å². The van der Waals surface area contributed by atoms with Gasteiger partial charge in [-0.3, -0.25) is 9.80 Å². The number of ether oxygens (including phenoxy) is 2. The molecule has 0 unspecified atom stereocenters. The Hall–Kier alpha value is -2.54. The van der Waals surface area contributed by atoms with Crippen molar-refractivity contribution in [2.24, 2.45) is 5.92 Å². The summed E-state index contributed by atoms with van der Waals surface area (Å²) >= 11 is 0. The van der Waals surface area contributed by atoms with Crippen LogP contribution in [0.4, 0.5) is 9.18 Å². The molecule has 4 heterocycles. The molecule has 162 valence electrons. The summed E-state index contributed by atoms with van der Waals surface area (Å²) in [5.74, 6) is 1.20. The Kier molecular flexibility index (Phi) is 5.99. The van der Waals surface area contributed by atoms with Gasteiger partial charge in [-0.15, -0.1) is 0 Å². The molecular weight excluding hydrogens is 387 g/mol. The molecule has 1 aromatic carbocycles. The summed E-state index contributed by atoms with van der Waals surface area (Å²) in [7, 11) is 1.50. The largest absolute Gasteiger partial charge is 0.497 e. The highest BCUT2D eigenvalue weighted by Crippen LogP contribution is 2.30. The minimum atomic E-state index is -0.413. The van der Waals surface area contributed by atoms with E-state index < -0.39 is 11.9 Å². The normalized spacial score (nSPS) is 22.7. The number of aryl methyl sites for hydroxylation is 2. The summed E-state index contributed by atoms with van der Waals surface area (Å²) < 4.78 is 31.1. The van der Waals surface area contributed by atoms with E-state index >= 15 is 0 Å². The molecule has 1 aromatic heterocycles. The third-order valence-electron chi connectivity index (χ3n) is 6.39. The van der Waals surface area contributed by atoms with Crippen molar-refractivity contribution in [3.8, 4) is 5.75 Å². The molecule has 1 atom stereocenters. The Bertz CT molecular complexity index is 885. The third kappa shape index (κ3) is 4.31. The van der Waals surface area contributed by atoms with Gasteiger partial charge >= 0.3 is 6.09 Å². The van der Waals surface area contributed by atoms with E-state index in [0.29, 0.717) is 23.8 Å². The molecule has 30 heavy (non-hydrogen) atoms. The number of nitrogens with zero attached hydrogens (tertiary/aromatic N) is 2. The SMILES string of the molecule is COc1ccc(CN(Cc2c(C)coc2C)C(=O)O[C@H]2CN3CCC2CC3)c(F)c1. The van der Waals surface area contributed by atoms with Crippen molar-refractivity contribution in [1.29, 1.82) is 0 Å². The van der Waals surface area contributed by atoms with Crippen LogP contribution in [0.1, 0.15) is 35.3 Å². The molecule has 2 aromatic rings. The van der Waals surface area contributed by atoms with Gasteiger partial charge in [0.1, 0.15) is 23.4 Å². The number of furan rings is 1. The molecule has 3 aliphatic heterocycles. The topological polar surface area (TPSA) is 55.1 Å². The lowest BCUT2D eigenvalue weighted by atomic mass is 9.86. The standard InChI is InChI=1S/C23H29FN2O4/c1-15-14-29-16(2)20(15)12-26(11-18-4-5-19(28-3)10-21(18)24)23(27)30-22-13-25-8-6-17(22)7-9-25/h4-5,10,14,17,22H,6-9,11-13H2,1-3H3/t22-/m0/s1. The summed E-state index contributed by atoms with van der Waals surface area (Å²) in [6.07, 6.45) is 3.28. The molecule has 0 N–H and O–H groups in total. The molecule has 3 aliphatic rings. The van der Waals surface area contributed by atoms with Crippen LogP contribution < -0.4 is 4.74 Å². The van der Waals surface area contributed by atoms with Gasteiger partial charge in [-0.25, -0.2) is 9.18 Å². The lowest BCUT2D eigenvalue weighted by Crippen LogP contribution is -2.52. The monoisotopic (exact) mass is 416 g/mol. The molecule has 5 rings (SSSR count). The van der Waals surface area contributed by atoms with Gasteiger partial charge in [-0.05, 0) is 57.3 Å². The third-order valence-corrected chi connectivity index (χ3v) is 6.39. The molecule has 0 spiro atoms. The van der Waals surface area contributed by atoms with Crippen molar-refractivity contribution < 1.29 is 23.1 Å². The number of benzene rings is 1. The molecule has 3 fully saturated rings. The maximum absolute atomic E-state index is 14.6. The van der Waals surface area contributed by atoms with Gasteiger partial charge in [0.2, 0.25) is 0 Å². The number of amides is 1. The zero-order valence-corrected chi connectivity index (χ0v) is 17.8. The van der Waals surface area contributed by atoms with E-state index in [4.69, 9.17) is 13.9 Å². The van der Waals surface area contributed by atoms with Crippen molar-refractivity contribution in [3.05, 3.63) is 52.7 Å². The number of piperidine rings is 3. The van der Waals surface area contributed by atoms with Gasteiger partial charge in [-0.2, -0.15) is 0 Å². The van der Waals surface area contributed by atoms with Gasteiger partial charge < -0.3 is 13.9 Å². The van der Waals surface area contributed by atoms with E-state index in [9.17, 15) is 9.18 Å². The van der Waals surface area contributed by atoms with E-state index in [1.807, 2.05) is 13.8 Å². The van der Waals surface area contributed by atoms with Crippen LogP contribution >= 0.6 is 0 Å². The summed E-state index contributed by atoms with van der Waals surface area (Å²) in [6, 6.07) is 4.68. The number of methoxy groups -OCH3 is 1. The summed E-state index contributed by atoms with van der Waals surface area (Å²) in [4.78, 5) is 17.1. The first-order valence-corrected chi connectivity index (χ1v) is 10.5. The van der Waals surface area contributed by atoms with Crippen LogP contribution in [0.15, 0.2) is 28.9 Å². The fourth-order valence-electron chi connectivity index (χ4n) is 4.45. The first-order valence-electron chi connectivity index (χ1n) is 10.5. The predicted molar refractivity (Wildman–Crippen MR) is 110 cm³/mol. The molecule has 0 aliphatic carbocycles. The van der Waals surface area contributed by atoms with Gasteiger partial charge in [0.15, 0.2) is 0 Å². The molecule has 6 nitrogen and oxygen atoms in total. The van der Waals surface area contributed by atoms with Crippen LogP contribution in [0.5, 0.6) is 5.75 Å². The van der Waals surface area contributed by atoms with Crippen molar-refractivity contribution in [2.45, 2.75) is 45.9 Å². The molecule has 0 radical (unpaired) electrons. The summed E-state index contributed by atoms with van der Waals surface area (Å²) in [6.45, 7) is 7.16. The smallest absolute Gasteiger partial charge is 0.410 e. The Morgan fingerprint density at radius 1 is 1.27 bits per heavy atom. The number of carbonyl (C=O) groups excluding carboxylic acids is 1. The molecular formula is C23H29FN2O4. The highest BCUT2D eigenvalue weighted by Gasteiger charge is 2.37. The van der Waals surface area contributed by atoms with Crippen LogP contribution in [0.3, 0.4) is 0 Å². The molecule has 2 bridgehead atoms. The lowest BCUT2D eigenvalue weighted by Gasteiger charge is -2.44. The van der Waals surface area contributed by atoms with Crippen LogP contribution in [0.25, 0.3) is 0 Å². The van der Waals surface area contributed by atoms with E-state index in [2.05, 4.69) is 4.90 Å². The van der Waals surface area contributed by atoms with Gasteiger partial charge in [0, 0.05) is 23.7 Å². The lowest BCUT2D eigenvalue weighted by molar-refractivity contribution is -0.0450. The second-order valence-corrected chi connectivity index (χ2v) is 8.33. The maximum Gasteiger partial charge on any atom is 0.410 e. The first kappa shape index (κ1) is 20.7. The second kappa shape index (κ2) is 8.68. The average molecular weight is 416 g/mol. The number of hydrogen-bond donors (Lipinski definition) is 0. The molecule has 7 heteroatoms. The summed E-state index contributed by atoms with van der Waals surface area (Å²) in [5, 5.41) is 0. The number of halogens is 1.